The number of fused-ring (bicyclic) bond motifs is 3. The minimum atomic E-state index is -4.27. The van der Waals surface area contributed by atoms with Gasteiger partial charge in [-0.05, 0) is 60.0 Å². The fraction of sp³-hybridized carbons (Fsp3) is 0.400. The van der Waals surface area contributed by atoms with E-state index in [1.807, 2.05) is 6.07 Å². The Hall–Kier alpha value is -1.81. The normalized spacial score (nSPS) is 26.5. The van der Waals surface area contributed by atoms with Crippen LogP contribution in [0.2, 0.25) is 0 Å². The summed E-state index contributed by atoms with van der Waals surface area (Å²) in [4.78, 5) is 0. The largest absolute Gasteiger partial charge is 0.416 e. The Morgan fingerprint density at radius 2 is 1.62 bits per heavy atom. The lowest BCUT2D eigenvalue weighted by Gasteiger charge is -2.41. The van der Waals surface area contributed by atoms with Crippen molar-refractivity contribution in [3.63, 3.8) is 0 Å². The molecule has 1 saturated heterocycles. The van der Waals surface area contributed by atoms with Gasteiger partial charge in [-0.15, -0.1) is 0 Å². The Morgan fingerprint density at radius 3 is 2.33 bits per heavy atom. The van der Waals surface area contributed by atoms with Crippen LogP contribution in [0, 0.1) is 5.92 Å². The summed E-state index contributed by atoms with van der Waals surface area (Å²) < 4.78 is 38.4. The molecule has 0 saturated carbocycles. The molecule has 0 amide bonds. The van der Waals surface area contributed by atoms with Crippen molar-refractivity contribution in [2.45, 2.75) is 30.9 Å². The molecule has 2 aliphatic rings. The monoisotopic (exact) mass is 331 g/mol. The molecular weight excluding hydrogens is 311 g/mol. The summed E-state index contributed by atoms with van der Waals surface area (Å²) in [5.41, 5.74) is 3.07. The van der Waals surface area contributed by atoms with E-state index in [1.165, 1.54) is 23.3 Å². The van der Waals surface area contributed by atoms with E-state index in [0.717, 1.165) is 31.5 Å². The second-order valence-electron chi connectivity index (χ2n) is 6.90. The Bertz CT molecular complexity index is 720. The minimum absolute atomic E-state index is 0.197. The van der Waals surface area contributed by atoms with Gasteiger partial charge < -0.3 is 5.32 Å². The molecule has 0 bridgehead atoms. The lowest BCUT2D eigenvalue weighted by molar-refractivity contribution is -0.137. The van der Waals surface area contributed by atoms with Gasteiger partial charge in [0.25, 0.3) is 0 Å². The minimum Gasteiger partial charge on any atom is -0.316 e. The van der Waals surface area contributed by atoms with Gasteiger partial charge in [-0.2, -0.15) is 13.2 Å². The summed E-state index contributed by atoms with van der Waals surface area (Å²) in [6, 6.07) is 14.2. The van der Waals surface area contributed by atoms with Gasteiger partial charge in [-0.1, -0.05) is 36.4 Å². The molecule has 1 aliphatic carbocycles. The van der Waals surface area contributed by atoms with E-state index in [4.69, 9.17) is 0 Å². The molecule has 1 aliphatic heterocycles. The van der Waals surface area contributed by atoms with Crippen LogP contribution in [0.3, 0.4) is 0 Å². The molecular formula is C20H20F3N. The number of hydrogen-bond donors (Lipinski definition) is 1. The van der Waals surface area contributed by atoms with Gasteiger partial charge in [0.05, 0.1) is 5.56 Å². The zero-order chi connectivity index (χ0) is 16.7. The van der Waals surface area contributed by atoms with Crippen molar-refractivity contribution in [3.05, 3.63) is 70.8 Å². The van der Waals surface area contributed by atoms with Crippen LogP contribution in [0.25, 0.3) is 0 Å². The Labute approximate surface area is 139 Å². The highest BCUT2D eigenvalue weighted by atomic mass is 19.4. The van der Waals surface area contributed by atoms with E-state index in [0.29, 0.717) is 11.8 Å². The predicted molar refractivity (Wildman–Crippen MR) is 88.1 cm³/mol. The van der Waals surface area contributed by atoms with E-state index in [9.17, 15) is 13.2 Å². The standard InChI is InChI=1S/C20H20F3N/c21-20(22,23)15-7-5-13(6-8-15)18-11-14-9-10-24-12-19(14)17-4-2-1-3-16(17)18/h1-8,14,18-19,24H,9-12H2. The van der Waals surface area contributed by atoms with Crippen LogP contribution in [-0.4, -0.2) is 13.1 Å². The highest BCUT2D eigenvalue weighted by molar-refractivity contribution is 5.43. The molecule has 3 atom stereocenters. The fourth-order valence-corrected chi connectivity index (χ4v) is 4.37. The molecule has 1 nitrogen and oxygen atoms in total. The van der Waals surface area contributed by atoms with E-state index in [1.54, 1.807) is 12.1 Å². The molecule has 1 N–H and O–H groups in total. The average molecular weight is 331 g/mol. The van der Waals surface area contributed by atoms with E-state index < -0.39 is 11.7 Å². The van der Waals surface area contributed by atoms with Crippen LogP contribution < -0.4 is 5.32 Å². The maximum Gasteiger partial charge on any atom is 0.416 e. The zero-order valence-electron chi connectivity index (χ0n) is 13.3. The van der Waals surface area contributed by atoms with Gasteiger partial charge in [0, 0.05) is 12.5 Å². The first-order chi connectivity index (χ1) is 11.5. The second kappa shape index (κ2) is 5.92. The average Bonchev–Trinajstić information content (AvgIpc) is 2.60. The third-order valence-electron chi connectivity index (χ3n) is 5.57. The lowest BCUT2D eigenvalue weighted by Crippen LogP contribution is -2.38. The molecule has 2 aromatic rings. The summed E-state index contributed by atoms with van der Waals surface area (Å²) in [7, 11) is 0. The number of benzene rings is 2. The van der Waals surface area contributed by atoms with Crippen molar-refractivity contribution in [2.24, 2.45) is 5.92 Å². The summed E-state index contributed by atoms with van der Waals surface area (Å²) in [6.07, 6.45) is -2.12. The van der Waals surface area contributed by atoms with Crippen molar-refractivity contribution in [1.29, 1.82) is 0 Å². The number of piperidine rings is 1. The number of nitrogens with one attached hydrogen (secondary N) is 1. The number of rotatable bonds is 1. The van der Waals surface area contributed by atoms with Crippen molar-refractivity contribution in [3.8, 4) is 0 Å². The maximum absolute atomic E-state index is 12.8. The zero-order valence-corrected chi connectivity index (χ0v) is 13.3. The molecule has 3 unspecified atom stereocenters. The molecule has 0 aromatic heterocycles. The summed E-state index contributed by atoms with van der Waals surface area (Å²) in [6.45, 7) is 2.03. The molecule has 4 heteroatoms. The SMILES string of the molecule is FC(F)(F)c1ccc(C2CC3CCNCC3c3ccccc32)cc1. The molecule has 24 heavy (non-hydrogen) atoms. The van der Waals surface area contributed by atoms with Gasteiger partial charge in [-0.25, -0.2) is 0 Å². The van der Waals surface area contributed by atoms with Crippen LogP contribution in [-0.2, 0) is 6.18 Å². The molecule has 126 valence electrons. The molecule has 0 radical (unpaired) electrons. The van der Waals surface area contributed by atoms with Crippen molar-refractivity contribution in [2.75, 3.05) is 13.1 Å². The maximum atomic E-state index is 12.8. The van der Waals surface area contributed by atoms with Gasteiger partial charge in [0.2, 0.25) is 0 Å². The fourth-order valence-electron chi connectivity index (χ4n) is 4.37. The summed E-state index contributed by atoms with van der Waals surface area (Å²) >= 11 is 0. The van der Waals surface area contributed by atoms with Crippen LogP contribution in [0.4, 0.5) is 13.2 Å². The van der Waals surface area contributed by atoms with Gasteiger partial charge in [0.15, 0.2) is 0 Å². The van der Waals surface area contributed by atoms with Crippen LogP contribution in [0.5, 0.6) is 0 Å². The molecule has 0 spiro atoms. The number of alkyl halides is 3. The molecule has 1 fully saturated rings. The first-order valence-corrected chi connectivity index (χ1v) is 8.51. The van der Waals surface area contributed by atoms with E-state index >= 15 is 0 Å². The Balaban J connectivity index is 1.72. The van der Waals surface area contributed by atoms with Crippen molar-refractivity contribution < 1.29 is 13.2 Å². The third kappa shape index (κ3) is 2.73. The third-order valence-corrected chi connectivity index (χ3v) is 5.57. The van der Waals surface area contributed by atoms with Gasteiger partial charge in [0.1, 0.15) is 0 Å². The quantitative estimate of drug-likeness (QED) is 0.781. The molecule has 4 rings (SSSR count). The smallest absolute Gasteiger partial charge is 0.316 e. The first-order valence-electron chi connectivity index (χ1n) is 8.51. The van der Waals surface area contributed by atoms with Crippen molar-refractivity contribution in [1.82, 2.24) is 5.32 Å². The van der Waals surface area contributed by atoms with Gasteiger partial charge >= 0.3 is 6.18 Å². The van der Waals surface area contributed by atoms with Crippen LogP contribution in [0.1, 0.15) is 46.9 Å². The molecule has 2 aromatic carbocycles. The summed E-state index contributed by atoms with van der Waals surface area (Å²) in [5.74, 6) is 1.33. The number of halogens is 3. The highest BCUT2D eigenvalue weighted by Gasteiger charge is 2.37. The first kappa shape index (κ1) is 15.7. The highest BCUT2D eigenvalue weighted by Crippen LogP contribution is 2.47. The van der Waals surface area contributed by atoms with Gasteiger partial charge in [-0.3, -0.25) is 0 Å². The Kier molecular flexibility index (Phi) is 3.87. The Morgan fingerprint density at radius 1 is 0.917 bits per heavy atom. The molecule has 1 heterocycles. The second-order valence-corrected chi connectivity index (χ2v) is 6.90. The lowest BCUT2D eigenvalue weighted by atomic mass is 9.66. The topological polar surface area (TPSA) is 12.0 Å². The van der Waals surface area contributed by atoms with E-state index in [-0.39, 0.29) is 5.92 Å². The predicted octanol–water partition coefficient (Wildman–Crippen LogP) is 4.93. The van der Waals surface area contributed by atoms with Crippen LogP contribution in [0.15, 0.2) is 48.5 Å². The van der Waals surface area contributed by atoms with E-state index in [2.05, 4.69) is 23.5 Å². The number of hydrogen-bond acceptors (Lipinski definition) is 1. The summed E-state index contributed by atoms with van der Waals surface area (Å²) in [5, 5.41) is 3.48. The van der Waals surface area contributed by atoms with Crippen molar-refractivity contribution >= 4 is 0 Å². The van der Waals surface area contributed by atoms with Crippen LogP contribution >= 0.6 is 0 Å².